The summed E-state index contributed by atoms with van der Waals surface area (Å²) >= 11 is 0. The Kier molecular flexibility index (Phi) is 14.2. The van der Waals surface area contributed by atoms with Crippen molar-refractivity contribution >= 4 is 17.7 Å². The van der Waals surface area contributed by atoms with E-state index >= 15 is 0 Å². The van der Waals surface area contributed by atoms with E-state index < -0.39 is 29.2 Å². The van der Waals surface area contributed by atoms with E-state index in [9.17, 15) is 29.6 Å². The zero-order chi connectivity index (χ0) is 26.2. The molecule has 0 spiro atoms. The van der Waals surface area contributed by atoms with Crippen molar-refractivity contribution in [3.05, 3.63) is 46.0 Å². The number of hydrogen-bond acceptors (Lipinski definition) is 8. The van der Waals surface area contributed by atoms with Crippen LogP contribution in [0.3, 0.4) is 0 Å². The number of amides is 1. The normalized spacial score (nSPS) is 13.5. The number of hydrogen-bond donors (Lipinski definition) is 2. The smallest absolute Gasteiger partial charge is 0.320 e. The summed E-state index contributed by atoms with van der Waals surface area (Å²) < 4.78 is 5.20. The molecule has 1 aromatic rings. The summed E-state index contributed by atoms with van der Waals surface area (Å²) in [5.74, 6) is -1.50. The van der Waals surface area contributed by atoms with Gasteiger partial charge in [0.25, 0.3) is 5.09 Å². The molecule has 0 aromatic heterocycles. The van der Waals surface area contributed by atoms with E-state index in [1.54, 1.807) is 13.8 Å². The molecule has 1 rings (SSSR count). The van der Waals surface area contributed by atoms with Gasteiger partial charge >= 0.3 is 5.97 Å². The quantitative estimate of drug-likeness (QED) is 0.167. The third kappa shape index (κ3) is 11.8. The third-order valence-corrected chi connectivity index (χ3v) is 5.50. The maximum atomic E-state index is 13.1. The molecule has 11 nitrogen and oxygen atoms in total. The van der Waals surface area contributed by atoms with Crippen molar-refractivity contribution < 1.29 is 34.2 Å². The SMILES string of the molecule is CCCN(C(=O)C(C)NC(CCc1ccccc1)C(=O)O)C(C)C(=O)CCCOCCO[N+](=O)[O-]. The number of aryl methyl sites for hydroxylation is 1. The topological polar surface area (TPSA) is 148 Å². The van der Waals surface area contributed by atoms with Crippen LogP contribution in [-0.4, -0.2) is 77.2 Å². The first-order chi connectivity index (χ1) is 16.7. The molecule has 0 fully saturated rings. The molecular formula is C24H37N3O8. The Bertz CT molecular complexity index is 805. The van der Waals surface area contributed by atoms with Crippen LogP contribution in [-0.2, 0) is 30.4 Å². The number of nitrogens with one attached hydrogen (secondary N) is 1. The fourth-order valence-corrected chi connectivity index (χ4v) is 3.60. The van der Waals surface area contributed by atoms with E-state index in [0.717, 1.165) is 5.56 Å². The summed E-state index contributed by atoms with van der Waals surface area (Å²) in [7, 11) is 0. The number of aliphatic carboxylic acids is 1. The number of Topliss-reactive ketones (excluding diaryl/α,β-unsaturated/α-hetero) is 1. The van der Waals surface area contributed by atoms with E-state index in [1.165, 1.54) is 4.90 Å². The summed E-state index contributed by atoms with van der Waals surface area (Å²) in [5, 5.41) is 21.7. The second-order valence-corrected chi connectivity index (χ2v) is 8.25. The highest BCUT2D eigenvalue weighted by molar-refractivity contribution is 5.90. The lowest BCUT2D eigenvalue weighted by Gasteiger charge is -2.32. The zero-order valence-corrected chi connectivity index (χ0v) is 20.7. The highest BCUT2D eigenvalue weighted by atomic mass is 17.0. The summed E-state index contributed by atoms with van der Waals surface area (Å²) in [6, 6.07) is 7.18. The summed E-state index contributed by atoms with van der Waals surface area (Å²) in [4.78, 5) is 53.3. The van der Waals surface area contributed by atoms with Gasteiger partial charge in [0.2, 0.25) is 5.91 Å². The highest BCUT2D eigenvalue weighted by Crippen LogP contribution is 2.11. The molecule has 0 heterocycles. The molecule has 1 aromatic carbocycles. The zero-order valence-electron chi connectivity index (χ0n) is 20.7. The van der Waals surface area contributed by atoms with Crippen molar-refractivity contribution in [1.29, 1.82) is 0 Å². The van der Waals surface area contributed by atoms with Gasteiger partial charge < -0.3 is 19.6 Å². The molecule has 3 unspecified atom stereocenters. The van der Waals surface area contributed by atoms with Gasteiger partial charge in [0, 0.05) is 19.6 Å². The second-order valence-electron chi connectivity index (χ2n) is 8.25. The van der Waals surface area contributed by atoms with Crippen LogP contribution in [0.25, 0.3) is 0 Å². The predicted octanol–water partition coefficient (Wildman–Crippen LogP) is 2.25. The fourth-order valence-electron chi connectivity index (χ4n) is 3.60. The second kappa shape index (κ2) is 16.6. The molecule has 1 amide bonds. The average Bonchev–Trinajstić information content (AvgIpc) is 2.83. The van der Waals surface area contributed by atoms with Crippen LogP contribution in [0, 0.1) is 10.1 Å². The van der Waals surface area contributed by atoms with E-state index in [2.05, 4.69) is 10.2 Å². The molecule has 0 saturated carbocycles. The van der Waals surface area contributed by atoms with Crippen LogP contribution in [0.5, 0.6) is 0 Å². The first kappa shape index (κ1) is 30.0. The Labute approximate surface area is 205 Å². The largest absolute Gasteiger partial charge is 0.480 e. The van der Waals surface area contributed by atoms with Gasteiger partial charge in [-0.3, -0.25) is 19.7 Å². The van der Waals surface area contributed by atoms with Gasteiger partial charge in [0.1, 0.15) is 12.6 Å². The minimum atomic E-state index is -1.03. The highest BCUT2D eigenvalue weighted by Gasteiger charge is 2.30. The molecule has 0 bridgehead atoms. The Balaban J connectivity index is 2.59. The molecule has 0 aliphatic heterocycles. The number of rotatable bonds is 19. The van der Waals surface area contributed by atoms with Crippen LogP contribution >= 0.6 is 0 Å². The number of ketones is 1. The number of carboxylic acids is 1. The Morgan fingerprint density at radius 1 is 1.14 bits per heavy atom. The molecule has 196 valence electrons. The number of ether oxygens (including phenoxy) is 1. The van der Waals surface area contributed by atoms with Crippen molar-refractivity contribution in [2.45, 2.75) is 71.0 Å². The van der Waals surface area contributed by atoms with Gasteiger partial charge in [-0.25, -0.2) is 0 Å². The summed E-state index contributed by atoms with van der Waals surface area (Å²) in [5.41, 5.74) is 1.01. The van der Waals surface area contributed by atoms with E-state index in [0.29, 0.717) is 32.2 Å². The molecule has 35 heavy (non-hydrogen) atoms. The third-order valence-electron chi connectivity index (χ3n) is 5.50. The maximum absolute atomic E-state index is 13.1. The van der Waals surface area contributed by atoms with Crippen molar-refractivity contribution in [2.24, 2.45) is 0 Å². The first-order valence-electron chi connectivity index (χ1n) is 11.9. The van der Waals surface area contributed by atoms with Crippen LogP contribution < -0.4 is 5.32 Å². The number of carbonyl (C=O) groups excluding carboxylic acids is 2. The van der Waals surface area contributed by atoms with Gasteiger partial charge in [-0.05, 0) is 45.1 Å². The maximum Gasteiger partial charge on any atom is 0.320 e. The van der Waals surface area contributed by atoms with Gasteiger partial charge in [-0.15, -0.1) is 10.1 Å². The van der Waals surface area contributed by atoms with Crippen LogP contribution in [0.15, 0.2) is 30.3 Å². The molecule has 2 N–H and O–H groups in total. The molecule has 0 aliphatic rings. The monoisotopic (exact) mass is 495 g/mol. The van der Waals surface area contributed by atoms with Crippen molar-refractivity contribution in [2.75, 3.05) is 26.4 Å². The molecule has 11 heteroatoms. The molecule has 3 atom stereocenters. The Morgan fingerprint density at radius 2 is 1.83 bits per heavy atom. The fraction of sp³-hybridized carbons (Fsp3) is 0.625. The first-order valence-corrected chi connectivity index (χ1v) is 11.9. The number of nitrogens with zero attached hydrogens (tertiary/aromatic N) is 2. The minimum Gasteiger partial charge on any atom is -0.480 e. The minimum absolute atomic E-state index is 0.0450. The number of benzene rings is 1. The summed E-state index contributed by atoms with van der Waals surface area (Å²) in [6.07, 6.45) is 2.11. The van der Waals surface area contributed by atoms with Gasteiger partial charge in [-0.2, -0.15) is 0 Å². The van der Waals surface area contributed by atoms with Crippen molar-refractivity contribution in [3.8, 4) is 0 Å². The lowest BCUT2D eigenvalue weighted by molar-refractivity contribution is -0.758. The Morgan fingerprint density at radius 3 is 2.43 bits per heavy atom. The van der Waals surface area contributed by atoms with E-state index in [-0.39, 0.29) is 37.9 Å². The van der Waals surface area contributed by atoms with E-state index in [4.69, 9.17) is 4.74 Å². The molecule has 0 aliphatic carbocycles. The molecular weight excluding hydrogens is 458 g/mol. The van der Waals surface area contributed by atoms with Gasteiger partial charge in [-0.1, -0.05) is 37.3 Å². The average molecular weight is 496 g/mol. The van der Waals surface area contributed by atoms with Crippen LogP contribution in [0.1, 0.15) is 52.0 Å². The predicted molar refractivity (Wildman–Crippen MR) is 128 cm³/mol. The lowest BCUT2D eigenvalue weighted by Crippen LogP contribution is -2.54. The van der Waals surface area contributed by atoms with Crippen LogP contribution in [0.4, 0.5) is 0 Å². The number of carbonyl (C=O) groups is 3. The van der Waals surface area contributed by atoms with Crippen molar-refractivity contribution in [3.63, 3.8) is 0 Å². The molecule has 0 radical (unpaired) electrons. The standard InChI is InChI=1S/C24H37N3O8/c1-4-14-26(19(3)22(28)11-8-15-34-16-17-35-27(32)33)23(29)18(2)25-21(24(30)31)13-12-20-9-6-5-7-10-20/h5-7,9-10,18-19,21,25H,4,8,11-17H2,1-3H3,(H,30,31). The summed E-state index contributed by atoms with van der Waals surface area (Å²) in [6.45, 7) is 5.65. The van der Waals surface area contributed by atoms with Crippen LogP contribution in [0.2, 0.25) is 0 Å². The van der Waals surface area contributed by atoms with Gasteiger partial charge in [0.05, 0.1) is 18.7 Å². The van der Waals surface area contributed by atoms with Gasteiger partial charge in [0.15, 0.2) is 5.78 Å². The van der Waals surface area contributed by atoms with E-state index in [1.807, 2.05) is 37.3 Å². The molecule has 0 saturated heterocycles. The Hall–Kier alpha value is -3.05. The number of carboxylic acid groups (broad SMARTS) is 1. The van der Waals surface area contributed by atoms with Crippen molar-refractivity contribution in [1.82, 2.24) is 10.2 Å². The lowest BCUT2D eigenvalue weighted by atomic mass is 10.0.